The van der Waals surface area contributed by atoms with E-state index in [4.69, 9.17) is 0 Å². The van der Waals surface area contributed by atoms with Crippen LogP contribution in [-0.4, -0.2) is 43.4 Å². The first-order chi connectivity index (χ1) is 10.1. The molecule has 0 unspecified atom stereocenters. The van der Waals surface area contributed by atoms with Gasteiger partial charge in [-0.25, -0.2) is 4.99 Å². The minimum atomic E-state index is 0. The zero-order valence-electron chi connectivity index (χ0n) is 13.4. The molecule has 2 N–H and O–H groups in total. The predicted octanol–water partition coefficient (Wildman–Crippen LogP) is 2.22. The van der Waals surface area contributed by atoms with E-state index >= 15 is 0 Å². The van der Waals surface area contributed by atoms with Crippen molar-refractivity contribution in [3.8, 4) is 0 Å². The molecule has 0 heterocycles. The number of halogens is 1. The Morgan fingerprint density at radius 1 is 1.27 bits per heavy atom. The number of nitrogens with one attached hydrogen (secondary N) is 2. The number of hydrogen-bond donors (Lipinski definition) is 2. The summed E-state index contributed by atoms with van der Waals surface area (Å²) in [6.07, 6.45) is 2.46. The van der Waals surface area contributed by atoms with Crippen LogP contribution in [0, 0.1) is 0 Å². The number of amides is 1. The Labute approximate surface area is 149 Å². The summed E-state index contributed by atoms with van der Waals surface area (Å²) in [4.78, 5) is 18.0. The molecule has 1 aromatic carbocycles. The Kier molecular flexibility index (Phi) is 7.64. The molecule has 0 saturated heterocycles. The molecule has 1 aliphatic rings. The number of benzene rings is 1. The fraction of sp³-hybridized carbons (Fsp3) is 0.500. The molecule has 0 radical (unpaired) electrons. The molecule has 0 atom stereocenters. The van der Waals surface area contributed by atoms with Gasteiger partial charge in [0.2, 0.25) is 0 Å². The van der Waals surface area contributed by atoms with Crippen LogP contribution in [0.2, 0.25) is 0 Å². The summed E-state index contributed by atoms with van der Waals surface area (Å²) in [5, 5.41) is 6.63. The number of carbonyl (C=O) groups excluding carboxylic acids is 1. The van der Waals surface area contributed by atoms with Gasteiger partial charge in [0, 0.05) is 32.2 Å². The molecule has 1 aromatic rings. The second-order valence-corrected chi connectivity index (χ2v) is 5.51. The van der Waals surface area contributed by atoms with Crippen molar-refractivity contribution in [3.63, 3.8) is 0 Å². The first kappa shape index (κ1) is 18.7. The molecule has 122 valence electrons. The van der Waals surface area contributed by atoms with Crippen molar-refractivity contribution < 1.29 is 4.79 Å². The zero-order valence-corrected chi connectivity index (χ0v) is 15.8. The molecule has 1 aliphatic carbocycles. The summed E-state index contributed by atoms with van der Waals surface area (Å²) in [5.74, 6) is 0.891. The second-order valence-electron chi connectivity index (χ2n) is 5.51. The van der Waals surface area contributed by atoms with Crippen molar-refractivity contribution in [1.29, 1.82) is 0 Å². The Bertz CT molecular complexity index is 509. The summed E-state index contributed by atoms with van der Waals surface area (Å²) in [6, 6.07) is 8.22. The largest absolute Gasteiger partial charge is 0.357 e. The van der Waals surface area contributed by atoms with E-state index in [0.717, 1.165) is 18.1 Å². The Balaban J connectivity index is 0.00000242. The van der Waals surface area contributed by atoms with Gasteiger partial charge < -0.3 is 15.5 Å². The van der Waals surface area contributed by atoms with Gasteiger partial charge in [0.15, 0.2) is 5.96 Å². The molecule has 6 heteroatoms. The molecular formula is C16H25IN4O. The molecule has 1 fully saturated rings. The van der Waals surface area contributed by atoms with Gasteiger partial charge >= 0.3 is 0 Å². The first-order valence-electron chi connectivity index (χ1n) is 7.45. The van der Waals surface area contributed by atoms with Gasteiger partial charge in [0.25, 0.3) is 5.91 Å². The van der Waals surface area contributed by atoms with Gasteiger partial charge in [0.1, 0.15) is 0 Å². The number of rotatable bonds is 5. The van der Waals surface area contributed by atoms with Crippen LogP contribution < -0.4 is 10.6 Å². The van der Waals surface area contributed by atoms with Crippen molar-refractivity contribution in [3.05, 3.63) is 35.4 Å². The molecule has 0 aliphatic heterocycles. The second kappa shape index (κ2) is 8.97. The van der Waals surface area contributed by atoms with E-state index in [9.17, 15) is 4.79 Å². The van der Waals surface area contributed by atoms with Crippen molar-refractivity contribution in [2.45, 2.75) is 32.4 Å². The molecule has 0 spiro atoms. The summed E-state index contributed by atoms with van der Waals surface area (Å²) >= 11 is 0. The standard InChI is InChI=1S/C16H24N4O.HI/c1-4-17-16(19-14-9-10-14)18-11-12-5-7-13(8-6-12)15(21)20(2)3;/h5-8,14H,4,9-11H2,1-3H3,(H2,17,18,19);1H. The summed E-state index contributed by atoms with van der Waals surface area (Å²) in [5.41, 5.74) is 1.80. The third-order valence-corrected chi connectivity index (χ3v) is 3.29. The minimum Gasteiger partial charge on any atom is -0.357 e. The van der Waals surface area contributed by atoms with Gasteiger partial charge in [-0.15, -0.1) is 24.0 Å². The van der Waals surface area contributed by atoms with Gasteiger partial charge in [0.05, 0.1) is 6.54 Å². The fourth-order valence-electron chi connectivity index (χ4n) is 1.92. The van der Waals surface area contributed by atoms with E-state index in [-0.39, 0.29) is 29.9 Å². The highest BCUT2D eigenvalue weighted by Crippen LogP contribution is 2.18. The molecule has 5 nitrogen and oxygen atoms in total. The third-order valence-electron chi connectivity index (χ3n) is 3.29. The van der Waals surface area contributed by atoms with Crippen LogP contribution in [0.1, 0.15) is 35.7 Å². The van der Waals surface area contributed by atoms with E-state index in [1.165, 1.54) is 12.8 Å². The average molecular weight is 416 g/mol. The molecule has 22 heavy (non-hydrogen) atoms. The summed E-state index contributed by atoms with van der Waals surface area (Å²) in [6.45, 7) is 3.53. The smallest absolute Gasteiger partial charge is 0.253 e. The Hall–Kier alpha value is -1.31. The lowest BCUT2D eigenvalue weighted by Crippen LogP contribution is -2.38. The number of aliphatic imine (C=N–C) groups is 1. The number of hydrogen-bond acceptors (Lipinski definition) is 2. The van der Waals surface area contributed by atoms with Gasteiger partial charge in [-0.05, 0) is 37.5 Å². The maximum atomic E-state index is 11.8. The first-order valence-corrected chi connectivity index (χ1v) is 7.45. The summed E-state index contributed by atoms with van der Waals surface area (Å²) < 4.78 is 0. The predicted molar refractivity (Wildman–Crippen MR) is 101 cm³/mol. The molecule has 1 saturated carbocycles. The van der Waals surface area contributed by atoms with Crippen LogP contribution in [0.4, 0.5) is 0 Å². The van der Waals surface area contributed by atoms with E-state index in [2.05, 4.69) is 22.5 Å². The number of carbonyl (C=O) groups is 1. The zero-order chi connectivity index (χ0) is 15.2. The normalized spacial score (nSPS) is 14.0. The fourth-order valence-corrected chi connectivity index (χ4v) is 1.92. The van der Waals surface area contributed by atoms with Crippen molar-refractivity contribution >= 4 is 35.8 Å². The molecular weight excluding hydrogens is 391 g/mol. The van der Waals surface area contributed by atoms with Crippen LogP contribution in [0.15, 0.2) is 29.3 Å². The summed E-state index contributed by atoms with van der Waals surface area (Å²) in [7, 11) is 3.51. The molecule has 0 aromatic heterocycles. The molecule has 2 rings (SSSR count). The van der Waals surface area contributed by atoms with E-state index in [1.807, 2.05) is 24.3 Å². The van der Waals surface area contributed by atoms with E-state index < -0.39 is 0 Å². The topological polar surface area (TPSA) is 56.7 Å². The van der Waals surface area contributed by atoms with Crippen LogP contribution in [0.25, 0.3) is 0 Å². The minimum absolute atomic E-state index is 0. The SMILES string of the molecule is CCNC(=NCc1ccc(C(=O)N(C)C)cc1)NC1CC1.I. The van der Waals surface area contributed by atoms with Gasteiger partial charge in [-0.2, -0.15) is 0 Å². The van der Waals surface area contributed by atoms with Crippen molar-refractivity contribution in [2.24, 2.45) is 4.99 Å². The maximum absolute atomic E-state index is 11.8. The van der Waals surface area contributed by atoms with Crippen LogP contribution in [-0.2, 0) is 6.54 Å². The van der Waals surface area contributed by atoms with Crippen LogP contribution >= 0.6 is 24.0 Å². The number of guanidine groups is 1. The van der Waals surface area contributed by atoms with Crippen LogP contribution in [0.3, 0.4) is 0 Å². The molecule has 0 bridgehead atoms. The quantitative estimate of drug-likeness (QED) is 0.440. The lowest BCUT2D eigenvalue weighted by atomic mass is 10.1. The third kappa shape index (κ3) is 5.82. The average Bonchev–Trinajstić information content (AvgIpc) is 3.28. The lowest BCUT2D eigenvalue weighted by Gasteiger charge is -2.11. The van der Waals surface area contributed by atoms with Crippen molar-refractivity contribution in [1.82, 2.24) is 15.5 Å². The highest BCUT2D eigenvalue weighted by atomic mass is 127. The monoisotopic (exact) mass is 416 g/mol. The highest BCUT2D eigenvalue weighted by molar-refractivity contribution is 14.0. The van der Waals surface area contributed by atoms with Crippen LogP contribution in [0.5, 0.6) is 0 Å². The highest BCUT2D eigenvalue weighted by Gasteiger charge is 2.21. The lowest BCUT2D eigenvalue weighted by molar-refractivity contribution is 0.0827. The van der Waals surface area contributed by atoms with Gasteiger partial charge in [-0.1, -0.05) is 12.1 Å². The maximum Gasteiger partial charge on any atom is 0.253 e. The number of nitrogens with zero attached hydrogens (tertiary/aromatic N) is 2. The van der Waals surface area contributed by atoms with E-state index in [0.29, 0.717) is 18.2 Å². The van der Waals surface area contributed by atoms with Crippen molar-refractivity contribution in [2.75, 3.05) is 20.6 Å². The van der Waals surface area contributed by atoms with Gasteiger partial charge in [-0.3, -0.25) is 4.79 Å². The Morgan fingerprint density at radius 2 is 1.91 bits per heavy atom. The Morgan fingerprint density at radius 3 is 2.41 bits per heavy atom. The van der Waals surface area contributed by atoms with E-state index in [1.54, 1.807) is 19.0 Å². The molecule has 1 amide bonds.